The van der Waals surface area contributed by atoms with E-state index in [2.05, 4.69) is 0 Å². The summed E-state index contributed by atoms with van der Waals surface area (Å²) in [5.41, 5.74) is 0.865. The molecule has 0 spiro atoms. The molecule has 1 rings (SSSR count). The van der Waals surface area contributed by atoms with Crippen molar-refractivity contribution in [3.05, 3.63) is 30.1 Å². The molecule has 0 radical (unpaired) electrons. The molecular weight excluding hydrogens is 231 g/mol. The van der Waals surface area contributed by atoms with Crippen LogP contribution >= 0.6 is 0 Å². The fourth-order valence-corrected chi connectivity index (χ4v) is 1.60. The number of carbonyl (C=O) groups is 1. The minimum atomic E-state index is -0.263. The molecule has 0 unspecified atom stereocenters. The number of amides is 1. The average Bonchev–Trinajstić information content (AvgIpc) is 2.35. The van der Waals surface area contributed by atoms with Gasteiger partial charge < -0.3 is 9.80 Å². The van der Waals surface area contributed by atoms with Crippen LogP contribution in [0.2, 0.25) is 0 Å². The SMILES string of the molecule is CCN(CC(=O)N(C)C(C)C)c1ccc(F)cc1. The van der Waals surface area contributed by atoms with Crippen molar-refractivity contribution < 1.29 is 9.18 Å². The van der Waals surface area contributed by atoms with Crippen LogP contribution in [0.25, 0.3) is 0 Å². The third kappa shape index (κ3) is 3.72. The van der Waals surface area contributed by atoms with Gasteiger partial charge in [-0.15, -0.1) is 0 Å². The Balaban J connectivity index is 2.73. The molecule has 0 heterocycles. The second-order valence-electron chi connectivity index (χ2n) is 4.59. The van der Waals surface area contributed by atoms with Crippen molar-refractivity contribution in [2.45, 2.75) is 26.8 Å². The van der Waals surface area contributed by atoms with Gasteiger partial charge in [0.05, 0.1) is 6.54 Å². The van der Waals surface area contributed by atoms with Gasteiger partial charge in [-0.1, -0.05) is 0 Å². The van der Waals surface area contributed by atoms with E-state index in [-0.39, 0.29) is 17.8 Å². The number of hydrogen-bond acceptors (Lipinski definition) is 2. The molecule has 1 aromatic carbocycles. The maximum absolute atomic E-state index is 12.9. The van der Waals surface area contributed by atoms with E-state index >= 15 is 0 Å². The number of rotatable bonds is 5. The number of carbonyl (C=O) groups excluding carboxylic acids is 1. The molecule has 4 heteroatoms. The molecule has 1 amide bonds. The van der Waals surface area contributed by atoms with E-state index in [1.165, 1.54) is 12.1 Å². The van der Waals surface area contributed by atoms with Gasteiger partial charge in [0.15, 0.2) is 0 Å². The lowest BCUT2D eigenvalue weighted by atomic mass is 10.2. The van der Waals surface area contributed by atoms with Crippen molar-refractivity contribution in [2.24, 2.45) is 0 Å². The second kappa shape index (κ2) is 6.38. The number of benzene rings is 1. The fourth-order valence-electron chi connectivity index (χ4n) is 1.60. The molecule has 0 aromatic heterocycles. The minimum absolute atomic E-state index is 0.0659. The molecule has 0 aliphatic carbocycles. The van der Waals surface area contributed by atoms with Gasteiger partial charge in [-0.2, -0.15) is 0 Å². The summed E-state index contributed by atoms with van der Waals surface area (Å²) < 4.78 is 12.9. The maximum atomic E-state index is 12.9. The Labute approximate surface area is 108 Å². The van der Waals surface area contributed by atoms with E-state index in [1.807, 2.05) is 25.7 Å². The van der Waals surface area contributed by atoms with Crippen molar-refractivity contribution in [3.63, 3.8) is 0 Å². The first-order valence-corrected chi connectivity index (χ1v) is 6.21. The quantitative estimate of drug-likeness (QED) is 0.804. The first-order valence-electron chi connectivity index (χ1n) is 6.21. The standard InChI is InChI=1S/C14H21FN2O/c1-5-17(10-14(18)16(4)11(2)3)13-8-6-12(15)7-9-13/h6-9,11H,5,10H2,1-4H3. The summed E-state index contributed by atoms with van der Waals surface area (Å²) in [5.74, 6) is -0.198. The molecule has 0 fully saturated rings. The number of hydrogen-bond donors (Lipinski definition) is 0. The van der Waals surface area contributed by atoms with Crippen LogP contribution in [-0.2, 0) is 4.79 Å². The summed E-state index contributed by atoms with van der Waals surface area (Å²) in [5, 5.41) is 0. The third-order valence-electron chi connectivity index (χ3n) is 3.07. The van der Waals surface area contributed by atoms with Gasteiger partial charge in [-0.05, 0) is 45.0 Å². The van der Waals surface area contributed by atoms with Crippen LogP contribution in [0.1, 0.15) is 20.8 Å². The molecule has 0 aliphatic heterocycles. The zero-order valence-electron chi connectivity index (χ0n) is 11.5. The Morgan fingerprint density at radius 2 is 1.83 bits per heavy atom. The highest BCUT2D eigenvalue weighted by Gasteiger charge is 2.15. The summed E-state index contributed by atoms with van der Waals surface area (Å²) in [6.07, 6.45) is 0. The van der Waals surface area contributed by atoms with Crippen LogP contribution in [0.5, 0.6) is 0 Å². The number of likely N-dealkylation sites (N-methyl/N-ethyl adjacent to an activating group) is 2. The van der Waals surface area contributed by atoms with Crippen molar-refractivity contribution in [1.29, 1.82) is 0 Å². The minimum Gasteiger partial charge on any atom is -0.362 e. The van der Waals surface area contributed by atoms with E-state index in [0.29, 0.717) is 13.1 Å². The summed E-state index contributed by atoms with van der Waals surface area (Å²) in [4.78, 5) is 15.6. The van der Waals surface area contributed by atoms with Crippen LogP contribution in [0.4, 0.5) is 10.1 Å². The molecular formula is C14H21FN2O. The lowest BCUT2D eigenvalue weighted by molar-refractivity contribution is -0.129. The van der Waals surface area contributed by atoms with Gasteiger partial charge in [0, 0.05) is 25.3 Å². The van der Waals surface area contributed by atoms with Crippen LogP contribution in [0.15, 0.2) is 24.3 Å². The van der Waals surface area contributed by atoms with E-state index in [0.717, 1.165) is 5.69 Å². The first-order chi connectivity index (χ1) is 8.45. The summed E-state index contributed by atoms with van der Waals surface area (Å²) >= 11 is 0. The third-order valence-corrected chi connectivity index (χ3v) is 3.07. The molecule has 0 aliphatic rings. The monoisotopic (exact) mass is 252 g/mol. The predicted octanol–water partition coefficient (Wildman–Crippen LogP) is 2.52. The van der Waals surface area contributed by atoms with Crippen molar-refractivity contribution >= 4 is 11.6 Å². The molecule has 0 atom stereocenters. The van der Waals surface area contributed by atoms with Gasteiger partial charge >= 0.3 is 0 Å². The van der Waals surface area contributed by atoms with Crippen LogP contribution in [-0.4, -0.2) is 37.0 Å². The smallest absolute Gasteiger partial charge is 0.242 e. The van der Waals surface area contributed by atoms with Crippen LogP contribution < -0.4 is 4.90 Å². The highest BCUT2D eigenvalue weighted by Crippen LogP contribution is 2.14. The molecule has 0 saturated carbocycles. The summed E-state index contributed by atoms with van der Waals surface area (Å²) in [6, 6.07) is 6.40. The maximum Gasteiger partial charge on any atom is 0.242 e. The molecule has 3 nitrogen and oxygen atoms in total. The number of halogens is 1. The normalized spacial score (nSPS) is 10.6. The van der Waals surface area contributed by atoms with Crippen LogP contribution in [0, 0.1) is 5.82 Å². The Morgan fingerprint density at radius 1 is 1.28 bits per heavy atom. The summed E-state index contributed by atoms with van der Waals surface area (Å²) in [6.45, 7) is 6.96. The predicted molar refractivity (Wildman–Crippen MR) is 72.2 cm³/mol. The molecule has 0 bridgehead atoms. The van der Waals surface area contributed by atoms with Gasteiger partial charge in [0.1, 0.15) is 5.82 Å². The molecule has 100 valence electrons. The van der Waals surface area contributed by atoms with E-state index in [9.17, 15) is 9.18 Å². The molecule has 0 saturated heterocycles. The first kappa shape index (κ1) is 14.5. The van der Waals surface area contributed by atoms with E-state index < -0.39 is 0 Å². The number of nitrogens with zero attached hydrogens (tertiary/aromatic N) is 2. The van der Waals surface area contributed by atoms with Gasteiger partial charge in [-0.3, -0.25) is 4.79 Å². The Bertz CT molecular complexity index is 389. The Hall–Kier alpha value is -1.58. The molecule has 0 N–H and O–H groups in total. The van der Waals surface area contributed by atoms with Crippen molar-refractivity contribution in [3.8, 4) is 0 Å². The zero-order chi connectivity index (χ0) is 13.7. The molecule has 1 aromatic rings. The highest BCUT2D eigenvalue weighted by atomic mass is 19.1. The Kier molecular flexibility index (Phi) is 5.13. The van der Waals surface area contributed by atoms with Gasteiger partial charge in [0.2, 0.25) is 5.91 Å². The highest BCUT2D eigenvalue weighted by molar-refractivity contribution is 5.81. The van der Waals surface area contributed by atoms with E-state index in [1.54, 1.807) is 24.1 Å². The fraction of sp³-hybridized carbons (Fsp3) is 0.500. The van der Waals surface area contributed by atoms with Crippen LogP contribution in [0.3, 0.4) is 0 Å². The van der Waals surface area contributed by atoms with E-state index in [4.69, 9.17) is 0 Å². The molecule has 18 heavy (non-hydrogen) atoms. The average molecular weight is 252 g/mol. The Morgan fingerprint density at radius 3 is 2.28 bits per heavy atom. The summed E-state index contributed by atoms with van der Waals surface area (Å²) in [7, 11) is 1.80. The second-order valence-corrected chi connectivity index (χ2v) is 4.59. The van der Waals surface area contributed by atoms with Gasteiger partial charge in [0.25, 0.3) is 0 Å². The largest absolute Gasteiger partial charge is 0.362 e. The van der Waals surface area contributed by atoms with Crippen molar-refractivity contribution in [1.82, 2.24) is 4.90 Å². The lowest BCUT2D eigenvalue weighted by Gasteiger charge is -2.27. The zero-order valence-corrected chi connectivity index (χ0v) is 11.5. The van der Waals surface area contributed by atoms with Crippen molar-refractivity contribution in [2.75, 3.05) is 25.0 Å². The topological polar surface area (TPSA) is 23.6 Å². The lowest BCUT2D eigenvalue weighted by Crippen LogP contribution is -2.41. The number of anilines is 1. The van der Waals surface area contributed by atoms with Gasteiger partial charge in [-0.25, -0.2) is 4.39 Å².